The molecule has 0 atom stereocenters. The number of halogens is 3. The van der Waals surface area contributed by atoms with Gasteiger partial charge in [-0.2, -0.15) is 13.2 Å². The zero-order valence-corrected chi connectivity index (χ0v) is 23.3. The number of pyridine rings is 1. The number of unbranched alkanes of at least 4 members (excludes halogenated alkanes) is 1. The van der Waals surface area contributed by atoms with Crippen LogP contribution >= 0.6 is 0 Å². The van der Waals surface area contributed by atoms with Gasteiger partial charge in [-0.15, -0.1) is 10.2 Å². The van der Waals surface area contributed by atoms with Crippen LogP contribution in [0, 0.1) is 0 Å². The first kappa shape index (κ1) is 29.7. The summed E-state index contributed by atoms with van der Waals surface area (Å²) in [6.45, 7) is 3.34. The Balaban J connectivity index is 1.02. The standard InChI is InChI=1S/C28H31F3N10O2/c29-28(30,31)21-8-9-32-22(15-21)17-34-27(43)25-19-41(38-36-25)13-4-3-12-40-18-24(35-37-40)26(42)33-16-20-6-5-7-23(14-20)39-10-1-2-11-39/h5-9,14-15,18-19H,1-4,10-13,16-17H2,(H,33,42)(H,34,43). The summed E-state index contributed by atoms with van der Waals surface area (Å²) < 4.78 is 41.7. The van der Waals surface area contributed by atoms with Crippen molar-refractivity contribution >= 4 is 17.5 Å². The lowest BCUT2D eigenvalue weighted by Crippen LogP contribution is -2.24. The summed E-state index contributed by atoms with van der Waals surface area (Å²) >= 11 is 0. The highest BCUT2D eigenvalue weighted by molar-refractivity contribution is 5.92. The molecule has 43 heavy (non-hydrogen) atoms. The van der Waals surface area contributed by atoms with Crippen molar-refractivity contribution in [3.63, 3.8) is 0 Å². The van der Waals surface area contributed by atoms with Gasteiger partial charge in [0.25, 0.3) is 11.8 Å². The van der Waals surface area contributed by atoms with Crippen LogP contribution < -0.4 is 15.5 Å². The number of nitrogens with one attached hydrogen (secondary N) is 2. The number of benzene rings is 1. The Labute approximate surface area is 245 Å². The van der Waals surface area contributed by atoms with Crippen molar-refractivity contribution in [2.45, 2.75) is 58.0 Å². The van der Waals surface area contributed by atoms with Gasteiger partial charge in [-0.1, -0.05) is 22.6 Å². The van der Waals surface area contributed by atoms with Crippen molar-refractivity contribution in [1.82, 2.24) is 45.6 Å². The number of rotatable bonds is 12. The lowest BCUT2D eigenvalue weighted by Gasteiger charge is -2.18. The molecule has 1 aliphatic heterocycles. The number of anilines is 1. The van der Waals surface area contributed by atoms with Crippen molar-refractivity contribution < 1.29 is 22.8 Å². The molecule has 1 aromatic carbocycles. The van der Waals surface area contributed by atoms with Gasteiger partial charge in [0.15, 0.2) is 11.4 Å². The van der Waals surface area contributed by atoms with Crippen molar-refractivity contribution in [2.75, 3.05) is 18.0 Å². The van der Waals surface area contributed by atoms with E-state index in [0.29, 0.717) is 32.5 Å². The fraction of sp³-hybridized carbons (Fsp3) is 0.393. The number of hydrogen-bond donors (Lipinski definition) is 2. The summed E-state index contributed by atoms with van der Waals surface area (Å²) in [4.78, 5) is 31.1. The lowest BCUT2D eigenvalue weighted by molar-refractivity contribution is -0.137. The summed E-state index contributed by atoms with van der Waals surface area (Å²) in [6.07, 6.45) is 3.42. The van der Waals surface area contributed by atoms with Crippen molar-refractivity contribution in [3.05, 3.63) is 83.2 Å². The summed E-state index contributed by atoms with van der Waals surface area (Å²) in [5.74, 6) is -0.867. The minimum absolute atomic E-state index is 0.0432. The topological polar surface area (TPSA) is 136 Å². The molecule has 0 unspecified atom stereocenters. The van der Waals surface area contributed by atoms with Crippen LogP contribution in [0.5, 0.6) is 0 Å². The summed E-state index contributed by atoms with van der Waals surface area (Å²) in [6, 6.07) is 9.93. The average Bonchev–Trinajstić information content (AvgIpc) is 3.80. The average molecular weight is 597 g/mol. The molecule has 0 bridgehead atoms. The van der Waals surface area contributed by atoms with Gasteiger partial charge in [-0.25, -0.2) is 0 Å². The van der Waals surface area contributed by atoms with Crippen LogP contribution in [-0.2, 0) is 32.4 Å². The van der Waals surface area contributed by atoms with Crippen LogP contribution in [0.4, 0.5) is 18.9 Å². The van der Waals surface area contributed by atoms with E-state index in [0.717, 1.165) is 37.0 Å². The zero-order chi connectivity index (χ0) is 30.2. The number of carbonyl (C=O) groups is 2. The van der Waals surface area contributed by atoms with Gasteiger partial charge in [0.1, 0.15) is 0 Å². The van der Waals surface area contributed by atoms with E-state index in [-0.39, 0.29) is 29.5 Å². The molecule has 2 amide bonds. The van der Waals surface area contributed by atoms with Gasteiger partial charge >= 0.3 is 6.18 Å². The highest BCUT2D eigenvalue weighted by Crippen LogP contribution is 2.29. The number of hydrogen-bond acceptors (Lipinski definition) is 8. The van der Waals surface area contributed by atoms with Crippen LogP contribution in [0.15, 0.2) is 55.0 Å². The normalized spacial score (nSPS) is 13.3. The molecule has 226 valence electrons. The molecule has 1 aliphatic rings. The zero-order valence-electron chi connectivity index (χ0n) is 23.3. The maximum Gasteiger partial charge on any atom is 0.416 e. The van der Waals surface area contributed by atoms with Crippen LogP contribution in [0.1, 0.15) is 63.5 Å². The van der Waals surface area contributed by atoms with E-state index in [9.17, 15) is 22.8 Å². The quantitative estimate of drug-likeness (QED) is 0.238. The largest absolute Gasteiger partial charge is 0.416 e. The first-order valence-electron chi connectivity index (χ1n) is 14.0. The highest BCUT2D eigenvalue weighted by Gasteiger charge is 2.30. The second-order valence-electron chi connectivity index (χ2n) is 10.2. The fourth-order valence-electron chi connectivity index (χ4n) is 4.69. The Morgan fingerprint density at radius 3 is 2.09 bits per heavy atom. The van der Waals surface area contributed by atoms with E-state index in [1.165, 1.54) is 29.4 Å². The van der Waals surface area contributed by atoms with Crippen LogP contribution in [0.2, 0.25) is 0 Å². The molecule has 4 aromatic rings. The Morgan fingerprint density at radius 1 is 0.837 bits per heavy atom. The van der Waals surface area contributed by atoms with Crippen LogP contribution in [-0.4, -0.2) is 59.9 Å². The third kappa shape index (κ3) is 8.14. The van der Waals surface area contributed by atoms with Gasteiger partial charge in [0, 0.05) is 44.6 Å². The summed E-state index contributed by atoms with van der Waals surface area (Å²) in [7, 11) is 0. The van der Waals surface area contributed by atoms with Gasteiger partial charge in [0.05, 0.1) is 30.2 Å². The van der Waals surface area contributed by atoms with Crippen LogP contribution in [0.3, 0.4) is 0 Å². The molecule has 0 spiro atoms. The second-order valence-corrected chi connectivity index (χ2v) is 10.2. The molecule has 1 fully saturated rings. The maximum atomic E-state index is 12.9. The molecule has 15 heteroatoms. The highest BCUT2D eigenvalue weighted by atomic mass is 19.4. The summed E-state index contributed by atoms with van der Waals surface area (Å²) in [5, 5.41) is 21.2. The first-order valence-corrected chi connectivity index (χ1v) is 14.0. The Hall–Kier alpha value is -4.82. The van der Waals surface area contributed by atoms with Crippen molar-refractivity contribution in [2.24, 2.45) is 0 Å². The third-order valence-corrected chi connectivity index (χ3v) is 6.98. The SMILES string of the molecule is O=C(NCc1cccc(N2CCCC2)c1)c1cn(CCCCn2cc(C(=O)NCc3cc(C(F)(F)F)ccn3)nn2)nn1. The Kier molecular flexibility index (Phi) is 9.27. The molecule has 0 radical (unpaired) electrons. The van der Waals surface area contributed by atoms with E-state index < -0.39 is 17.6 Å². The molecule has 1 saturated heterocycles. The molecule has 0 saturated carbocycles. The van der Waals surface area contributed by atoms with Gasteiger partial charge in [-0.05, 0) is 55.5 Å². The molecular weight excluding hydrogens is 565 g/mol. The van der Waals surface area contributed by atoms with Crippen molar-refractivity contribution in [3.8, 4) is 0 Å². The van der Waals surface area contributed by atoms with E-state index in [1.807, 2.05) is 12.1 Å². The molecule has 2 N–H and O–H groups in total. The minimum atomic E-state index is -4.49. The molecule has 4 heterocycles. The summed E-state index contributed by atoms with van der Waals surface area (Å²) in [5.41, 5.74) is 1.72. The van der Waals surface area contributed by atoms with Gasteiger partial charge in [0.2, 0.25) is 0 Å². The first-order chi connectivity index (χ1) is 20.7. The van der Waals surface area contributed by atoms with E-state index in [1.54, 1.807) is 10.9 Å². The number of carbonyl (C=O) groups excluding carboxylic acids is 2. The van der Waals surface area contributed by atoms with Gasteiger partial charge < -0.3 is 15.5 Å². The number of amides is 2. The smallest absolute Gasteiger partial charge is 0.372 e. The fourth-order valence-corrected chi connectivity index (χ4v) is 4.69. The Morgan fingerprint density at radius 2 is 1.47 bits per heavy atom. The predicted molar refractivity (Wildman–Crippen MR) is 149 cm³/mol. The number of alkyl halides is 3. The molecule has 0 aliphatic carbocycles. The monoisotopic (exact) mass is 596 g/mol. The molecule has 3 aromatic heterocycles. The van der Waals surface area contributed by atoms with Gasteiger partial charge in [-0.3, -0.25) is 23.9 Å². The van der Waals surface area contributed by atoms with E-state index in [4.69, 9.17) is 0 Å². The van der Waals surface area contributed by atoms with E-state index >= 15 is 0 Å². The molecule has 12 nitrogen and oxygen atoms in total. The number of aromatic nitrogens is 7. The number of nitrogens with zero attached hydrogens (tertiary/aromatic N) is 8. The maximum absolute atomic E-state index is 12.9. The predicted octanol–water partition coefficient (Wildman–Crippen LogP) is 3.22. The van der Waals surface area contributed by atoms with Crippen molar-refractivity contribution in [1.29, 1.82) is 0 Å². The van der Waals surface area contributed by atoms with E-state index in [2.05, 4.69) is 53.3 Å². The minimum Gasteiger partial charge on any atom is -0.372 e. The lowest BCUT2D eigenvalue weighted by atomic mass is 10.2. The van der Waals surface area contributed by atoms with Crippen LogP contribution in [0.25, 0.3) is 0 Å². The molecule has 5 rings (SSSR count). The third-order valence-electron chi connectivity index (χ3n) is 6.98. The Bertz CT molecular complexity index is 1550. The second kappa shape index (κ2) is 13.4. The molecular formula is C28H31F3N10O2. The number of aryl methyl sites for hydroxylation is 2.